The Labute approximate surface area is 106 Å². The number of hydrogen-bond acceptors (Lipinski definition) is 2. The molecule has 96 valence electrons. The van der Waals surface area contributed by atoms with E-state index in [0.29, 0.717) is 5.56 Å². The summed E-state index contributed by atoms with van der Waals surface area (Å²) in [5, 5.41) is 11.3. The van der Waals surface area contributed by atoms with Gasteiger partial charge in [-0.15, -0.1) is 6.58 Å². The Kier molecular flexibility index (Phi) is 5.11. The molecule has 0 aliphatic heterocycles. The number of nitrogens with one attached hydrogen (secondary N) is 1. The van der Waals surface area contributed by atoms with Gasteiger partial charge >= 0.3 is 5.97 Å². The van der Waals surface area contributed by atoms with Crippen molar-refractivity contribution in [1.29, 1.82) is 0 Å². The highest BCUT2D eigenvalue weighted by Crippen LogP contribution is 2.05. The summed E-state index contributed by atoms with van der Waals surface area (Å²) in [5.74, 6) is -1.76. The average molecular weight is 247 g/mol. The van der Waals surface area contributed by atoms with Crippen LogP contribution in [0.3, 0.4) is 0 Å². The summed E-state index contributed by atoms with van der Waals surface area (Å²) < 4.78 is 0. The third-order valence-corrected chi connectivity index (χ3v) is 2.59. The molecule has 18 heavy (non-hydrogen) atoms. The monoisotopic (exact) mass is 247 g/mol. The number of hydrogen-bond donors (Lipinski definition) is 2. The smallest absolute Gasteiger partial charge is 0.308 e. The number of carbonyl (C=O) groups is 2. The fourth-order valence-electron chi connectivity index (χ4n) is 1.39. The summed E-state index contributed by atoms with van der Waals surface area (Å²) >= 11 is 0. The SMILES string of the molecule is C=CCc1ccc(C(=O)NCC(C)C(=O)O)cc1. The Bertz CT molecular complexity index is 437. The first-order valence-corrected chi connectivity index (χ1v) is 5.75. The van der Waals surface area contributed by atoms with Gasteiger partial charge in [0.1, 0.15) is 0 Å². The van der Waals surface area contributed by atoms with Crippen molar-refractivity contribution in [3.63, 3.8) is 0 Å². The molecule has 0 saturated carbocycles. The zero-order valence-electron chi connectivity index (χ0n) is 10.3. The lowest BCUT2D eigenvalue weighted by Gasteiger charge is -2.08. The van der Waals surface area contributed by atoms with Crippen LogP contribution in [-0.4, -0.2) is 23.5 Å². The molecule has 0 bridgehead atoms. The van der Waals surface area contributed by atoms with Crippen LogP contribution in [0.4, 0.5) is 0 Å². The van der Waals surface area contributed by atoms with Crippen molar-refractivity contribution in [2.24, 2.45) is 5.92 Å². The van der Waals surface area contributed by atoms with E-state index < -0.39 is 11.9 Å². The van der Waals surface area contributed by atoms with Gasteiger partial charge in [0, 0.05) is 12.1 Å². The molecule has 0 fully saturated rings. The zero-order valence-corrected chi connectivity index (χ0v) is 10.3. The van der Waals surface area contributed by atoms with Crippen molar-refractivity contribution < 1.29 is 14.7 Å². The maximum Gasteiger partial charge on any atom is 0.308 e. The Hall–Kier alpha value is -2.10. The molecule has 0 aliphatic rings. The summed E-state index contributed by atoms with van der Waals surface area (Å²) in [6, 6.07) is 7.16. The van der Waals surface area contributed by atoms with Crippen LogP contribution in [0.2, 0.25) is 0 Å². The van der Waals surface area contributed by atoms with Crippen LogP contribution in [0.15, 0.2) is 36.9 Å². The minimum atomic E-state index is -0.920. The van der Waals surface area contributed by atoms with E-state index in [9.17, 15) is 9.59 Å². The molecule has 1 aromatic carbocycles. The van der Waals surface area contributed by atoms with E-state index in [1.165, 1.54) is 0 Å². The van der Waals surface area contributed by atoms with Gasteiger partial charge in [-0.3, -0.25) is 9.59 Å². The van der Waals surface area contributed by atoms with Gasteiger partial charge in [0.2, 0.25) is 0 Å². The number of amides is 1. The molecular formula is C14H17NO3. The van der Waals surface area contributed by atoms with Crippen molar-refractivity contribution in [2.45, 2.75) is 13.3 Å². The van der Waals surface area contributed by atoms with Gasteiger partial charge in [-0.25, -0.2) is 0 Å². The maximum absolute atomic E-state index is 11.7. The van der Waals surface area contributed by atoms with E-state index in [0.717, 1.165) is 12.0 Å². The number of rotatable bonds is 6. The fourth-order valence-corrected chi connectivity index (χ4v) is 1.39. The van der Waals surface area contributed by atoms with Gasteiger partial charge in [0.25, 0.3) is 5.91 Å². The molecule has 0 heterocycles. The number of carboxylic acids is 1. The molecule has 1 rings (SSSR count). The largest absolute Gasteiger partial charge is 0.481 e. The molecule has 4 heteroatoms. The topological polar surface area (TPSA) is 66.4 Å². The third kappa shape index (κ3) is 4.05. The lowest BCUT2D eigenvalue weighted by Crippen LogP contribution is -2.31. The third-order valence-electron chi connectivity index (χ3n) is 2.59. The van der Waals surface area contributed by atoms with Crippen LogP contribution in [0.25, 0.3) is 0 Å². The molecule has 1 unspecified atom stereocenters. The lowest BCUT2D eigenvalue weighted by molar-refractivity contribution is -0.140. The Morgan fingerprint density at radius 3 is 2.50 bits per heavy atom. The van der Waals surface area contributed by atoms with E-state index in [1.54, 1.807) is 25.1 Å². The number of benzene rings is 1. The van der Waals surface area contributed by atoms with E-state index >= 15 is 0 Å². The Morgan fingerprint density at radius 1 is 1.39 bits per heavy atom. The van der Waals surface area contributed by atoms with Crippen molar-refractivity contribution >= 4 is 11.9 Å². The molecule has 0 spiro atoms. The van der Waals surface area contributed by atoms with Gasteiger partial charge < -0.3 is 10.4 Å². The molecule has 0 aliphatic carbocycles. The van der Waals surface area contributed by atoms with Crippen molar-refractivity contribution in [1.82, 2.24) is 5.32 Å². The van der Waals surface area contributed by atoms with Crippen LogP contribution in [-0.2, 0) is 11.2 Å². The molecular weight excluding hydrogens is 230 g/mol. The van der Waals surface area contributed by atoms with Crippen molar-refractivity contribution in [3.8, 4) is 0 Å². The first-order chi connectivity index (χ1) is 8.54. The first kappa shape index (κ1) is 14.0. The standard InChI is InChI=1S/C14H17NO3/c1-3-4-11-5-7-12(8-6-11)13(16)15-9-10(2)14(17)18/h3,5-8,10H,1,4,9H2,2H3,(H,15,16)(H,17,18). The highest BCUT2D eigenvalue weighted by Gasteiger charge is 2.12. The number of aliphatic carboxylic acids is 1. The quantitative estimate of drug-likeness (QED) is 0.754. The number of allylic oxidation sites excluding steroid dienone is 1. The van der Waals surface area contributed by atoms with Crippen LogP contribution >= 0.6 is 0 Å². The summed E-state index contributed by atoms with van der Waals surface area (Å²) in [5.41, 5.74) is 1.61. The van der Waals surface area contributed by atoms with Crippen LogP contribution in [0.5, 0.6) is 0 Å². The summed E-state index contributed by atoms with van der Waals surface area (Å²) in [4.78, 5) is 22.3. The Morgan fingerprint density at radius 2 is 2.00 bits per heavy atom. The molecule has 4 nitrogen and oxygen atoms in total. The van der Waals surface area contributed by atoms with Crippen molar-refractivity contribution in [3.05, 3.63) is 48.0 Å². The van der Waals surface area contributed by atoms with E-state index in [1.807, 2.05) is 12.1 Å². The highest BCUT2D eigenvalue weighted by atomic mass is 16.4. The van der Waals surface area contributed by atoms with Gasteiger partial charge in [-0.1, -0.05) is 25.1 Å². The normalized spacial score (nSPS) is 11.6. The van der Waals surface area contributed by atoms with E-state index in [4.69, 9.17) is 5.11 Å². The summed E-state index contributed by atoms with van der Waals surface area (Å²) in [7, 11) is 0. The minimum absolute atomic E-state index is 0.128. The molecule has 0 saturated heterocycles. The average Bonchev–Trinajstić information content (AvgIpc) is 2.36. The van der Waals surface area contributed by atoms with Gasteiger partial charge in [0.15, 0.2) is 0 Å². The second-order valence-electron chi connectivity index (χ2n) is 4.14. The van der Waals surface area contributed by atoms with Crippen LogP contribution < -0.4 is 5.32 Å². The number of carboxylic acid groups (broad SMARTS) is 1. The second-order valence-corrected chi connectivity index (χ2v) is 4.14. The zero-order chi connectivity index (χ0) is 13.5. The molecule has 0 aromatic heterocycles. The molecule has 2 N–H and O–H groups in total. The molecule has 0 radical (unpaired) electrons. The maximum atomic E-state index is 11.7. The second kappa shape index (κ2) is 6.59. The first-order valence-electron chi connectivity index (χ1n) is 5.75. The predicted octanol–water partition coefficient (Wildman–Crippen LogP) is 1.87. The van der Waals surface area contributed by atoms with Crippen molar-refractivity contribution in [2.75, 3.05) is 6.54 Å². The summed E-state index contributed by atoms with van der Waals surface area (Å²) in [6.45, 7) is 5.32. The van der Waals surface area contributed by atoms with Gasteiger partial charge in [-0.05, 0) is 24.1 Å². The lowest BCUT2D eigenvalue weighted by atomic mass is 10.1. The minimum Gasteiger partial charge on any atom is -0.481 e. The fraction of sp³-hybridized carbons (Fsp3) is 0.286. The summed E-state index contributed by atoms with van der Waals surface area (Å²) in [6.07, 6.45) is 2.56. The molecule has 1 amide bonds. The van der Waals surface area contributed by atoms with Crippen LogP contribution in [0.1, 0.15) is 22.8 Å². The Balaban J connectivity index is 2.56. The predicted molar refractivity (Wildman–Crippen MR) is 69.5 cm³/mol. The van der Waals surface area contributed by atoms with Gasteiger partial charge in [0.05, 0.1) is 5.92 Å². The van der Waals surface area contributed by atoms with Crippen LogP contribution in [0, 0.1) is 5.92 Å². The van der Waals surface area contributed by atoms with Gasteiger partial charge in [-0.2, -0.15) is 0 Å². The van der Waals surface area contributed by atoms with E-state index in [2.05, 4.69) is 11.9 Å². The molecule has 1 aromatic rings. The highest BCUT2D eigenvalue weighted by molar-refractivity contribution is 5.94. The van der Waals surface area contributed by atoms with E-state index in [-0.39, 0.29) is 12.5 Å². The number of carbonyl (C=O) groups excluding carboxylic acids is 1. The molecule has 1 atom stereocenters.